The fraction of sp³-hybridized carbons (Fsp3) is 0.107. The molecule has 0 aliphatic carbocycles. The number of carbonyl (C=O) groups excluding carboxylic acids is 1. The van der Waals surface area contributed by atoms with E-state index in [1.54, 1.807) is 7.11 Å². The topological polar surface area (TPSA) is 79.9 Å². The van der Waals surface area contributed by atoms with E-state index in [2.05, 4.69) is 15.5 Å². The average molecular weight is 449 g/mol. The standard InChI is InChI=1S/C28H24N4O2/c1-18-8-12-20(13-9-18)24-16-23(28(33)29-17-19-10-14-22(34-2)15-11-19)25-26(31-32-27(25)30-24)21-6-4-3-5-7-21/h3-16H,17H2,1-2H3,(H,29,33)(H,30,31,32). The van der Waals surface area contributed by atoms with Gasteiger partial charge in [-0.2, -0.15) is 5.10 Å². The lowest BCUT2D eigenvalue weighted by Gasteiger charge is -2.10. The summed E-state index contributed by atoms with van der Waals surface area (Å²) >= 11 is 0. The fourth-order valence-electron chi connectivity index (χ4n) is 3.91. The van der Waals surface area contributed by atoms with Gasteiger partial charge in [-0.05, 0) is 30.7 Å². The van der Waals surface area contributed by atoms with E-state index in [0.29, 0.717) is 28.8 Å². The smallest absolute Gasteiger partial charge is 0.252 e. The number of aryl methyl sites for hydroxylation is 1. The van der Waals surface area contributed by atoms with Gasteiger partial charge in [0.05, 0.1) is 29.4 Å². The Labute approximate surface area is 197 Å². The van der Waals surface area contributed by atoms with Crippen LogP contribution in [0.4, 0.5) is 0 Å². The molecule has 2 heterocycles. The third-order valence-electron chi connectivity index (χ3n) is 5.79. The normalized spacial score (nSPS) is 10.9. The number of aromatic nitrogens is 3. The molecule has 0 unspecified atom stereocenters. The number of amides is 1. The maximum absolute atomic E-state index is 13.5. The summed E-state index contributed by atoms with van der Waals surface area (Å²) in [6.45, 7) is 2.43. The molecule has 1 amide bonds. The van der Waals surface area contributed by atoms with Crippen LogP contribution >= 0.6 is 0 Å². The zero-order chi connectivity index (χ0) is 23.5. The summed E-state index contributed by atoms with van der Waals surface area (Å²) in [5.41, 5.74) is 6.52. The van der Waals surface area contributed by atoms with E-state index < -0.39 is 0 Å². The van der Waals surface area contributed by atoms with Gasteiger partial charge < -0.3 is 10.1 Å². The Bertz CT molecular complexity index is 1440. The van der Waals surface area contributed by atoms with Crippen molar-refractivity contribution in [3.8, 4) is 28.3 Å². The number of nitrogens with one attached hydrogen (secondary N) is 2. The van der Waals surface area contributed by atoms with Crippen LogP contribution in [0.15, 0.2) is 84.9 Å². The van der Waals surface area contributed by atoms with Crippen LogP contribution in [0.2, 0.25) is 0 Å². The van der Waals surface area contributed by atoms with E-state index in [4.69, 9.17) is 9.72 Å². The van der Waals surface area contributed by atoms with Gasteiger partial charge in [0.15, 0.2) is 5.65 Å². The van der Waals surface area contributed by atoms with Crippen LogP contribution in [0.1, 0.15) is 21.5 Å². The Morgan fingerprint density at radius 1 is 0.941 bits per heavy atom. The molecule has 0 saturated heterocycles. The Balaban J connectivity index is 1.56. The molecule has 0 radical (unpaired) electrons. The van der Waals surface area contributed by atoms with E-state index in [1.165, 1.54) is 0 Å². The number of nitrogens with zero attached hydrogens (tertiary/aromatic N) is 2. The van der Waals surface area contributed by atoms with Crippen LogP contribution in [0.25, 0.3) is 33.5 Å². The highest BCUT2D eigenvalue weighted by Gasteiger charge is 2.20. The SMILES string of the molecule is COc1ccc(CNC(=O)c2cc(-c3ccc(C)cc3)nc3n[nH]c(-c4ccccc4)c23)cc1. The largest absolute Gasteiger partial charge is 0.497 e. The predicted molar refractivity (Wildman–Crippen MR) is 134 cm³/mol. The lowest BCUT2D eigenvalue weighted by atomic mass is 10.0. The molecule has 5 rings (SSSR count). The molecule has 6 nitrogen and oxygen atoms in total. The first kappa shape index (κ1) is 21.4. The number of aromatic amines is 1. The van der Waals surface area contributed by atoms with Gasteiger partial charge in [0.1, 0.15) is 5.75 Å². The first-order valence-electron chi connectivity index (χ1n) is 11.0. The molecule has 3 aromatic carbocycles. The molecule has 0 fully saturated rings. The lowest BCUT2D eigenvalue weighted by Crippen LogP contribution is -2.23. The van der Waals surface area contributed by atoms with Gasteiger partial charge in [-0.3, -0.25) is 9.89 Å². The molecule has 0 saturated carbocycles. The molecular weight excluding hydrogens is 424 g/mol. The summed E-state index contributed by atoms with van der Waals surface area (Å²) in [7, 11) is 1.63. The molecule has 0 aliphatic rings. The van der Waals surface area contributed by atoms with Crippen LogP contribution in [0.3, 0.4) is 0 Å². The first-order valence-corrected chi connectivity index (χ1v) is 11.0. The quantitative estimate of drug-likeness (QED) is 0.357. The molecule has 34 heavy (non-hydrogen) atoms. The number of carbonyl (C=O) groups is 1. The average Bonchev–Trinajstić information content (AvgIpc) is 3.32. The highest BCUT2D eigenvalue weighted by atomic mass is 16.5. The van der Waals surface area contributed by atoms with Crippen molar-refractivity contribution in [1.29, 1.82) is 0 Å². The monoisotopic (exact) mass is 448 g/mol. The minimum Gasteiger partial charge on any atom is -0.497 e. The van der Waals surface area contributed by atoms with Crippen molar-refractivity contribution in [3.05, 3.63) is 102 Å². The van der Waals surface area contributed by atoms with Crippen molar-refractivity contribution < 1.29 is 9.53 Å². The second kappa shape index (κ2) is 9.19. The Kier molecular flexibility index (Phi) is 5.79. The minimum atomic E-state index is -0.185. The van der Waals surface area contributed by atoms with Crippen LogP contribution in [0, 0.1) is 6.92 Å². The Morgan fingerprint density at radius 3 is 2.38 bits per heavy atom. The molecule has 2 aromatic heterocycles. The van der Waals surface area contributed by atoms with Crippen molar-refractivity contribution in [3.63, 3.8) is 0 Å². The van der Waals surface area contributed by atoms with Crippen molar-refractivity contribution in [2.75, 3.05) is 7.11 Å². The van der Waals surface area contributed by atoms with Gasteiger partial charge in [0.2, 0.25) is 0 Å². The third-order valence-corrected chi connectivity index (χ3v) is 5.79. The first-order chi connectivity index (χ1) is 16.6. The summed E-state index contributed by atoms with van der Waals surface area (Å²) in [5.74, 6) is 0.592. The number of pyridine rings is 1. The molecule has 0 atom stereocenters. The predicted octanol–water partition coefficient (Wildman–Crippen LogP) is 5.54. The van der Waals surface area contributed by atoms with E-state index in [1.807, 2.05) is 91.9 Å². The maximum Gasteiger partial charge on any atom is 0.252 e. The molecule has 168 valence electrons. The second-order valence-electron chi connectivity index (χ2n) is 8.12. The highest BCUT2D eigenvalue weighted by molar-refractivity contribution is 6.10. The molecular formula is C28H24N4O2. The number of H-pyrrole nitrogens is 1. The van der Waals surface area contributed by atoms with Crippen LogP contribution in [0.5, 0.6) is 5.75 Å². The van der Waals surface area contributed by atoms with E-state index in [0.717, 1.165) is 33.7 Å². The van der Waals surface area contributed by atoms with Gasteiger partial charge in [-0.15, -0.1) is 0 Å². The number of benzene rings is 3. The van der Waals surface area contributed by atoms with Crippen LogP contribution < -0.4 is 10.1 Å². The zero-order valence-electron chi connectivity index (χ0n) is 19.0. The molecule has 6 heteroatoms. The summed E-state index contributed by atoms with van der Waals surface area (Å²) < 4.78 is 5.22. The Hall–Kier alpha value is -4.45. The zero-order valence-corrected chi connectivity index (χ0v) is 19.0. The van der Waals surface area contributed by atoms with Gasteiger partial charge in [-0.1, -0.05) is 72.3 Å². The maximum atomic E-state index is 13.5. The number of rotatable bonds is 6. The summed E-state index contributed by atoms with van der Waals surface area (Å²) in [6.07, 6.45) is 0. The van der Waals surface area contributed by atoms with Gasteiger partial charge in [0, 0.05) is 17.7 Å². The summed E-state index contributed by atoms with van der Waals surface area (Å²) in [6, 6.07) is 27.4. The number of hydrogen-bond donors (Lipinski definition) is 2. The number of methoxy groups -OCH3 is 1. The van der Waals surface area contributed by atoms with Gasteiger partial charge in [0.25, 0.3) is 5.91 Å². The van der Waals surface area contributed by atoms with Crippen LogP contribution in [-0.4, -0.2) is 28.2 Å². The summed E-state index contributed by atoms with van der Waals surface area (Å²) in [4.78, 5) is 18.2. The molecule has 2 N–H and O–H groups in total. The van der Waals surface area contributed by atoms with E-state index in [-0.39, 0.29) is 5.91 Å². The van der Waals surface area contributed by atoms with Crippen LogP contribution in [-0.2, 0) is 6.54 Å². The van der Waals surface area contributed by atoms with Crippen molar-refractivity contribution in [2.24, 2.45) is 0 Å². The Morgan fingerprint density at radius 2 is 1.68 bits per heavy atom. The van der Waals surface area contributed by atoms with E-state index >= 15 is 0 Å². The fourth-order valence-corrected chi connectivity index (χ4v) is 3.91. The molecule has 5 aromatic rings. The number of hydrogen-bond acceptors (Lipinski definition) is 4. The highest BCUT2D eigenvalue weighted by Crippen LogP contribution is 2.31. The lowest BCUT2D eigenvalue weighted by molar-refractivity contribution is 0.0952. The molecule has 0 spiro atoms. The van der Waals surface area contributed by atoms with Crippen molar-refractivity contribution in [2.45, 2.75) is 13.5 Å². The minimum absolute atomic E-state index is 0.185. The van der Waals surface area contributed by atoms with Crippen molar-refractivity contribution in [1.82, 2.24) is 20.5 Å². The second-order valence-corrected chi connectivity index (χ2v) is 8.12. The van der Waals surface area contributed by atoms with Gasteiger partial charge in [-0.25, -0.2) is 4.98 Å². The van der Waals surface area contributed by atoms with Crippen molar-refractivity contribution >= 4 is 16.9 Å². The van der Waals surface area contributed by atoms with E-state index in [9.17, 15) is 4.79 Å². The van der Waals surface area contributed by atoms with Gasteiger partial charge >= 0.3 is 0 Å². The number of fused-ring (bicyclic) bond motifs is 1. The molecule has 0 bridgehead atoms. The third kappa shape index (κ3) is 4.26. The summed E-state index contributed by atoms with van der Waals surface area (Å²) in [5, 5.41) is 11.3. The number of ether oxygens (including phenoxy) is 1. The molecule has 0 aliphatic heterocycles.